The number of alkyl halides is 1. The van der Waals surface area contributed by atoms with E-state index in [9.17, 15) is 0 Å². The summed E-state index contributed by atoms with van der Waals surface area (Å²) in [6, 6.07) is 19.2. The van der Waals surface area contributed by atoms with Gasteiger partial charge in [-0.1, -0.05) is 62.4 Å². The fourth-order valence-corrected chi connectivity index (χ4v) is 3.15. The first kappa shape index (κ1) is 19.8. The molecule has 0 N–H and O–H groups in total. The van der Waals surface area contributed by atoms with Gasteiger partial charge in [-0.2, -0.15) is 0 Å². The zero-order valence-electron chi connectivity index (χ0n) is 15.6. The highest BCUT2D eigenvalue weighted by Crippen LogP contribution is 2.28. The quantitative estimate of drug-likeness (QED) is 0.504. The first-order valence-corrected chi connectivity index (χ1v) is 9.74. The summed E-state index contributed by atoms with van der Waals surface area (Å²) >= 11 is 6.03. The van der Waals surface area contributed by atoms with Gasteiger partial charge in [-0.3, -0.25) is 4.90 Å². The summed E-state index contributed by atoms with van der Waals surface area (Å²) in [5, 5.41) is 0. The summed E-state index contributed by atoms with van der Waals surface area (Å²) in [6.45, 7) is 9.09. The van der Waals surface area contributed by atoms with Crippen molar-refractivity contribution in [1.82, 2.24) is 4.90 Å². The number of hydrogen-bond donors (Lipinski definition) is 0. The minimum atomic E-state index is 0.295. The van der Waals surface area contributed by atoms with Gasteiger partial charge in [-0.25, -0.2) is 0 Å². The van der Waals surface area contributed by atoms with Crippen molar-refractivity contribution in [2.45, 2.75) is 45.7 Å². The van der Waals surface area contributed by atoms with Crippen LogP contribution in [0.5, 0.6) is 5.75 Å². The largest absolute Gasteiger partial charge is 0.492 e. The molecule has 0 saturated carbocycles. The normalized spacial score (nSPS) is 13.6. The predicted octanol–water partition coefficient (Wildman–Crippen LogP) is 5.71. The Morgan fingerprint density at radius 2 is 1.68 bits per heavy atom. The summed E-state index contributed by atoms with van der Waals surface area (Å²) < 4.78 is 6.20. The Labute approximate surface area is 157 Å². The molecular formula is C22H30ClNO. The van der Waals surface area contributed by atoms with Crippen LogP contribution in [0.15, 0.2) is 54.6 Å². The van der Waals surface area contributed by atoms with E-state index in [1.54, 1.807) is 0 Å². The maximum atomic E-state index is 6.20. The molecule has 0 radical (unpaired) electrons. The maximum Gasteiger partial charge on any atom is 0.122 e. The minimum absolute atomic E-state index is 0.295. The number of benzene rings is 2. The lowest BCUT2D eigenvalue weighted by molar-refractivity contribution is 0.145. The molecule has 0 heterocycles. The van der Waals surface area contributed by atoms with Crippen LogP contribution in [0.2, 0.25) is 0 Å². The van der Waals surface area contributed by atoms with Crippen LogP contribution in [0.25, 0.3) is 0 Å². The average molecular weight is 360 g/mol. The van der Waals surface area contributed by atoms with Crippen LogP contribution in [0.3, 0.4) is 0 Å². The van der Waals surface area contributed by atoms with E-state index in [1.807, 2.05) is 12.1 Å². The molecular weight excluding hydrogens is 330 g/mol. The van der Waals surface area contributed by atoms with E-state index in [1.165, 1.54) is 11.1 Å². The lowest BCUT2D eigenvalue weighted by Gasteiger charge is -2.29. The van der Waals surface area contributed by atoms with Crippen molar-refractivity contribution in [1.29, 1.82) is 0 Å². The number of nitrogens with zero attached hydrogens (tertiary/aromatic N) is 1. The van der Waals surface area contributed by atoms with Gasteiger partial charge >= 0.3 is 0 Å². The molecule has 0 aliphatic heterocycles. The number of rotatable bonds is 10. The summed E-state index contributed by atoms with van der Waals surface area (Å²) in [5.74, 6) is 2.14. The topological polar surface area (TPSA) is 12.5 Å². The monoisotopic (exact) mass is 359 g/mol. The average Bonchev–Trinajstić information content (AvgIpc) is 2.66. The van der Waals surface area contributed by atoms with Gasteiger partial charge in [0.15, 0.2) is 0 Å². The third-order valence-electron chi connectivity index (χ3n) is 4.77. The Kier molecular flexibility index (Phi) is 8.30. The number of ether oxygens (including phenoxy) is 1. The lowest BCUT2D eigenvalue weighted by atomic mass is 9.98. The van der Waals surface area contributed by atoms with Crippen molar-refractivity contribution < 1.29 is 4.74 Å². The first-order chi connectivity index (χ1) is 12.2. The Morgan fingerprint density at radius 3 is 2.36 bits per heavy atom. The van der Waals surface area contributed by atoms with Crippen molar-refractivity contribution in [2.24, 2.45) is 0 Å². The number of halogens is 1. The molecule has 0 aliphatic rings. The molecule has 2 unspecified atom stereocenters. The maximum absolute atomic E-state index is 6.20. The van der Waals surface area contributed by atoms with E-state index < -0.39 is 0 Å². The highest BCUT2D eigenvalue weighted by atomic mass is 35.5. The van der Waals surface area contributed by atoms with Gasteiger partial charge in [0.05, 0.1) is 0 Å². The Bertz CT molecular complexity index is 616. The van der Waals surface area contributed by atoms with E-state index in [0.29, 0.717) is 24.4 Å². The highest BCUT2D eigenvalue weighted by molar-refractivity contribution is 6.18. The van der Waals surface area contributed by atoms with Crippen LogP contribution in [-0.2, 0) is 6.54 Å². The van der Waals surface area contributed by atoms with Gasteiger partial charge in [-0.05, 0) is 36.5 Å². The van der Waals surface area contributed by atoms with E-state index >= 15 is 0 Å². The van der Waals surface area contributed by atoms with Crippen LogP contribution in [0.1, 0.15) is 44.2 Å². The van der Waals surface area contributed by atoms with Gasteiger partial charge in [0.2, 0.25) is 0 Å². The summed E-state index contributed by atoms with van der Waals surface area (Å²) in [5.41, 5.74) is 2.60. The lowest BCUT2D eigenvalue weighted by Crippen LogP contribution is -2.38. The second kappa shape index (κ2) is 10.5. The van der Waals surface area contributed by atoms with E-state index in [2.05, 4.69) is 68.1 Å². The molecule has 25 heavy (non-hydrogen) atoms. The van der Waals surface area contributed by atoms with Crippen LogP contribution in [-0.4, -0.2) is 30.0 Å². The van der Waals surface area contributed by atoms with Crippen molar-refractivity contribution in [3.8, 4) is 5.75 Å². The molecule has 0 amide bonds. The number of para-hydroxylation sites is 1. The summed E-state index contributed by atoms with van der Waals surface area (Å²) in [6.07, 6.45) is 1.11. The molecule has 3 heteroatoms. The fourth-order valence-electron chi connectivity index (χ4n) is 2.94. The molecule has 136 valence electrons. The highest BCUT2D eigenvalue weighted by Gasteiger charge is 2.16. The molecule has 0 bridgehead atoms. The zero-order valence-corrected chi connectivity index (χ0v) is 16.4. The Balaban J connectivity index is 2.00. The van der Waals surface area contributed by atoms with Crippen LogP contribution in [0.4, 0.5) is 0 Å². The molecule has 2 rings (SSSR count). The zero-order chi connectivity index (χ0) is 18.1. The number of hydrogen-bond acceptors (Lipinski definition) is 2. The summed E-state index contributed by atoms with van der Waals surface area (Å²) in [4.78, 5) is 2.38. The van der Waals surface area contributed by atoms with E-state index in [4.69, 9.17) is 16.3 Å². The predicted molar refractivity (Wildman–Crippen MR) is 108 cm³/mol. The van der Waals surface area contributed by atoms with Gasteiger partial charge in [0.1, 0.15) is 12.4 Å². The van der Waals surface area contributed by atoms with E-state index in [0.717, 1.165) is 25.3 Å². The Hall–Kier alpha value is -1.51. The molecule has 0 saturated heterocycles. The van der Waals surface area contributed by atoms with Gasteiger partial charge in [-0.15, -0.1) is 11.6 Å². The molecule has 2 aromatic carbocycles. The van der Waals surface area contributed by atoms with Crippen molar-refractivity contribution in [3.63, 3.8) is 0 Å². The molecule has 0 aromatic heterocycles. The standard InChI is InChI=1S/C22H30ClNO/c1-4-18(2)21-12-8-9-13-22(21)25-17-19(3)24(15-14-23)16-20-10-6-5-7-11-20/h5-13,18-19H,4,14-17H2,1-3H3. The smallest absolute Gasteiger partial charge is 0.122 e. The second-order valence-electron chi connectivity index (χ2n) is 6.65. The minimum Gasteiger partial charge on any atom is -0.492 e. The Morgan fingerprint density at radius 1 is 1.00 bits per heavy atom. The van der Waals surface area contributed by atoms with Crippen LogP contribution in [0, 0.1) is 0 Å². The molecule has 2 aromatic rings. The second-order valence-corrected chi connectivity index (χ2v) is 7.03. The molecule has 2 atom stereocenters. The van der Waals surface area contributed by atoms with Gasteiger partial charge < -0.3 is 4.74 Å². The van der Waals surface area contributed by atoms with Gasteiger partial charge in [0, 0.05) is 25.0 Å². The first-order valence-electron chi connectivity index (χ1n) is 9.21. The van der Waals surface area contributed by atoms with Gasteiger partial charge in [0.25, 0.3) is 0 Å². The molecule has 2 nitrogen and oxygen atoms in total. The molecule has 0 spiro atoms. The third kappa shape index (κ3) is 6.05. The third-order valence-corrected chi connectivity index (χ3v) is 4.93. The van der Waals surface area contributed by atoms with Crippen LogP contribution < -0.4 is 4.74 Å². The van der Waals surface area contributed by atoms with Crippen molar-refractivity contribution >= 4 is 11.6 Å². The fraction of sp³-hybridized carbons (Fsp3) is 0.455. The summed E-state index contributed by atoms with van der Waals surface area (Å²) in [7, 11) is 0. The molecule has 0 aliphatic carbocycles. The van der Waals surface area contributed by atoms with E-state index in [-0.39, 0.29) is 0 Å². The van der Waals surface area contributed by atoms with Crippen molar-refractivity contribution in [2.75, 3.05) is 19.0 Å². The molecule has 0 fully saturated rings. The SMILES string of the molecule is CCC(C)c1ccccc1OCC(C)N(CCCl)Cc1ccccc1. The van der Waals surface area contributed by atoms with Crippen LogP contribution >= 0.6 is 11.6 Å². The van der Waals surface area contributed by atoms with Crippen molar-refractivity contribution in [3.05, 3.63) is 65.7 Å².